The van der Waals surface area contributed by atoms with E-state index in [9.17, 15) is 0 Å². The minimum atomic E-state index is 0.622. The Labute approximate surface area is 111 Å². The summed E-state index contributed by atoms with van der Waals surface area (Å²) in [7, 11) is 2.46. The Balaban J connectivity index is 1.55. The molecule has 0 unspecified atom stereocenters. The van der Waals surface area contributed by atoms with Gasteiger partial charge in [-0.15, -0.1) is 0 Å². The molecular weight excluding hydrogens is 220 g/mol. The zero-order valence-electron chi connectivity index (χ0n) is 11.8. The normalized spacial score (nSPS) is 48.0. The zero-order chi connectivity index (χ0) is 12.2. The Hall–Kier alpha value is -0.0800. The minimum absolute atomic E-state index is 0.622. The second-order valence-electron chi connectivity index (χ2n) is 7.73. The Bertz CT molecular complexity index is 284. The Morgan fingerprint density at radius 2 is 1.39 bits per heavy atom. The molecule has 0 aromatic carbocycles. The lowest BCUT2D eigenvalue weighted by Gasteiger charge is -2.61. The molecule has 1 heterocycles. The molecule has 4 aliphatic carbocycles. The highest BCUT2D eigenvalue weighted by molar-refractivity contribution is 5.08. The van der Waals surface area contributed by atoms with E-state index >= 15 is 0 Å². The third kappa shape index (κ3) is 1.76. The average molecular weight is 248 g/mol. The van der Waals surface area contributed by atoms with Gasteiger partial charge in [-0.05, 0) is 89.3 Å². The number of hydrogen-bond acceptors (Lipinski definition) is 2. The predicted molar refractivity (Wildman–Crippen MR) is 74.6 cm³/mol. The summed E-state index contributed by atoms with van der Waals surface area (Å²) in [5, 5.41) is 3.52. The highest BCUT2D eigenvalue weighted by Crippen LogP contribution is 2.58. The molecule has 2 nitrogen and oxygen atoms in total. The van der Waals surface area contributed by atoms with Crippen molar-refractivity contribution in [3.05, 3.63) is 0 Å². The molecule has 0 aromatic rings. The summed E-state index contributed by atoms with van der Waals surface area (Å²) in [6.07, 6.45) is 12.0. The number of nitrogens with one attached hydrogen (secondary N) is 1. The highest BCUT2D eigenvalue weighted by Gasteiger charge is 2.53. The van der Waals surface area contributed by atoms with Crippen LogP contribution in [0.5, 0.6) is 0 Å². The van der Waals surface area contributed by atoms with Gasteiger partial charge in [0.15, 0.2) is 0 Å². The van der Waals surface area contributed by atoms with E-state index in [0.29, 0.717) is 5.54 Å². The van der Waals surface area contributed by atoms with E-state index in [2.05, 4.69) is 17.3 Å². The van der Waals surface area contributed by atoms with Gasteiger partial charge in [0.2, 0.25) is 0 Å². The van der Waals surface area contributed by atoms with Crippen LogP contribution in [-0.4, -0.2) is 36.6 Å². The van der Waals surface area contributed by atoms with E-state index < -0.39 is 0 Å². The van der Waals surface area contributed by atoms with Crippen LogP contribution in [0.15, 0.2) is 0 Å². The minimum Gasteiger partial charge on any atom is -0.317 e. The number of nitrogens with zero attached hydrogens (tertiary/aromatic N) is 1. The van der Waals surface area contributed by atoms with Crippen LogP contribution >= 0.6 is 0 Å². The van der Waals surface area contributed by atoms with Gasteiger partial charge in [-0.1, -0.05) is 0 Å². The van der Waals surface area contributed by atoms with E-state index in [4.69, 9.17) is 0 Å². The molecule has 5 rings (SSSR count). The van der Waals surface area contributed by atoms with Gasteiger partial charge in [0.05, 0.1) is 0 Å². The molecule has 4 saturated carbocycles. The molecule has 2 heteroatoms. The summed E-state index contributed by atoms with van der Waals surface area (Å²) in [4.78, 5) is 2.86. The Kier molecular flexibility index (Phi) is 2.74. The van der Waals surface area contributed by atoms with Crippen molar-refractivity contribution in [3.8, 4) is 0 Å². The molecular formula is C16H28N2. The maximum absolute atomic E-state index is 3.52. The first-order valence-electron chi connectivity index (χ1n) is 8.19. The molecule has 0 spiro atoms. The van der Waals surface area contributed by atoms with E-state index in [1.54, 1.807) is 19.3 Å². The largest absolute Gasteiger partial charge is 0.317 e. The van der Waals surface area contributed by atoms with E-state index in [1.807, 2.05) is 0 Å². The molecule has 1 saturated heterocycles. The molecule has 1 aliphatic heterocycles. The maximum atomic E-state index is 3.52. The molecule has 0 atom stereocenters. The fourth-order valence-corrected chi connectivity index (χ4v) is 6.08. The first-order chi connectivity index (χ1) is 8.75. The van der Waals surface area contributed by atoms with Gasteiger partial charge < -0.3 is 5.32 Å². The lowest BCUT2D eigenvalue weighted by Crippen LogP contribution is -2.62. The van der Waals surface area contributed by atoms with E-state index in [-0.39, 0.29) is 0 Å². The van der Waals surface area contributed by atoms with Gasteiger partial charge in [0, 0.05) is 11.6 Å². The van der Waals surface area contributed by atoms with Crippen LogP contribution < -0.4 is 5.32 Å². The van der Waals surface area contributed by atoms with Crippen molar-refractivity contribution in [2.45, 2.75) is 62.9 Å². The predicted octanol–water partition coefficient (Wildman–Crippen LogP) is 2.64. The van der Waals surface area contributed by atoms with Gasteiger partial charge >= 0.3 is 0 Å². The van der Waals surface area contributed by atoms with Crippen LogP contribution in [0.1, 0.15) is 51.4 Å². The smallest absolute Gasteiger partial charge is 0.0217 e. The van der Waals surface area contributed by atoms with Gasteiger partial charge in [-0.25, -0.2) is 0 Å². The molecule has 18 heavy (non-hydrogen) atoms. The topological polar surface area (TPSA) is 15.3 Å². The van der Waals surface area contributed by atoms with Crippen LogP contribution in [0, 0.1) is 17.8 Å². The van der Waals surface area contributed by atoms with Crippen LogP contribution in [0.3, 0.4) is 0 Å². The highest BCUT2D eigenvalue weighted by atomic mass is 15.2. The SMILES string of the molecule is CN(C1CCNCC1)C12CC3CC(CC(C3)C1)C2. The molecule has 5 aliphatic rings. The number of hydrogen-bond donors (Lipinski definition) is 1. The van der Waals surface area contributed by atoms with Crippen molar-refractivity contribution in [3.63, 3.8) is 0 Å². The second-order valence-corrected chi connectivity index (χ2v) is 7.73. The van der Waals surface area contributed by atoms with Crippen molar-refractivity contribution < 1.29 is 0 Å². The fraction of sp³-hybridized carbons (Fsp3) is 1.00. The van der Waals surface area contributed by atoms with Gasteiger partial charge in [0.1, 0.15) is 0 Å². The monoisotopic (exact) mass is 248 g/mol. The van der Waals surface area contributed by atoms with Gasteiger partial charge in [0.25, 0.3) is 0 Å². The third-order valence-electron chi connectivity index (χ3n) is 6.61. The molecule has 0 amide bonds. The lowest BCUT2D eigenvalue weighted by atomic mass is 9.52. The third-order valence-corrected chi connectivity index (χ3v) is 6.61. The zero-order valence-corrected chi connectivity index (χ0v) is 11.8. The van der Waals surface area contributed by atoms with Crippen molar-refractivity contribution in [1.82, 2.24) is 10.2 Å². The molecule has 1 N–H and O–H groups in total. The summed E-state index contributed by atoms with van der Waals surface area (Å²) >= 11 is 0. The van der Waals surface area contributed by atoms with Crippen LogP contribution in [0.2, 0.25) is 0 Å². The van der Waals surface area contributed by atoms with Crippen molar-refractivity contribution >= 4 is 0 Å². The lowest BCUT2D eigenvalue weighted by molar-refractivity contribution is -0.0969. The first-order valence-corrected chi connectivity index (χ1v) is 8.19. The summed E-state index contributed by atoms with van der Waals surface area (Å²) < 4.78 is 0. The van der Waals surface area contributed by atoms with Crippen LogP contribution in [-0.2, 0) is 0 Å². The van der Waals surface area contributed by atoms with Gasteiger partial charge in [-0.3, -0.25) is 4.90 Å². The fourth-order valence-electron chi connectivity index (χ4n) is 6.08. The first kappa shape index (κ1) is 11.7. The Morgan fingerprint density at radius 1 is 0.889 bits per heavy atom. The second kappa shape index (κ2) is 4.21. The average Bonchev–Trinajstić information content (AvgIpc) is 2.37. The maximum Gasteiger partial charge on any atom is 0.0217 e. The van der Waals surface area contributed by atoms with Crippen LogP contribution in [0.25, 0.3) is 0 Å². The molecule has 4 bridgehead atoms. The van der Waals surface area contributed by atoms with Crippen molar-refractivity contribution in [2.75, 3.05) is 20.1 Å². The number of rotatable bonds is 2. The Morgan fingerprint density at radius 3 is 1.89 bits per heavy atom. The molecule has 102 valence electrons. The quantitative estimate of drug-likeness (QED) is 0.808. The summed E-state index contributed by atoms with van der Waals surface area (Å²) in [5.74, 6) is 3.25. The van der Waals surface area contributed by atoms with Crippen LogP contribution in [0.4, 0.5) is 0 Å². The standard InChI is InChI=1S/C16H28N2/c1-18(15-2-4-17-5-3-15)16-9-12-6-13(10-16)8-14(7-12)11-16/h12-15,17H,2-11H2,1H3. The van der Waals surface area contributed by atoms with E-state index in [1.165, 1.54) is 45.2 Å². The number of piperidine rings is 1. The molecule has 0 aromatic heterocycles. The summed E-state index contributed by atoms with van der Waals surface area (Å²) in [6, 6.07) is 0.863. The summed E-state index contributed by atoms with van der Waals surface area (Å²) in [5.41, 5.74) is 0.622. The van der Waals surface area contributed by atoms with Gasteiger partial charge in [-0.2, -0.15) is 0 Å². The molecule has 5 fully saturated rings. The summed E-state index contributed by atoms with van der Waals surface area (Å²) in [6.45, 7) is 2.47. The van der Waals surface area contributed by atoms with Crippen molar-refractivity contribution in [2.24, 2.45) is 17.8 Å². The molecule has 0 radical (unpaired) electrons. The van der Waals surface area contributed by atoms with Crippen molar-refractivity contribution in [1.29, 1.82) is 0 Å². The van der Waals surface area contributed by atoms with E-state index in [0.717, 1.165) is 23.8 Å².